The van der Waals surface area contributed by atoms with Crippen molar-refractivity contribution in [3.8, 4) is 5.75 Å². The zero-order valence-corrected chi connectivity index (χ0v) is 19.1. The minimum Gasteiger partial charge on any atom is -0.422 e. The van der Waals surface area contributed by atoms with Gasteiger partial charge in [-0.25, -0.2) is 10.2 Å². The molecule has 0 aliphatic rings. The lowest BCUT2D eigenvalue weighted by molar-refractivity contribution is -0.136. The summed E-state index contributed by atoms with van der Waals surface area (Å²) in [6.45, 7) is 1.87. The first kappa shape index (κ1) is 23.2. The molecule has 0 atom stereocenters. The third-order valence-electron chi connectivity index (χ3n) is 4.12. The molecule has 0 saturated heterocycles. The number of aryl methyl sites for hydroxylation is 1. The van der Waals surface area contributed by atoms with Gasteiger partial charge in [-0.2, -0.15) is 5.10 Å². The maximum absolute atomic E-state index is 12.5. The Labute approximate surface area is 197 Å². The van der Waals surface area contributed by atoms with Crippen molar-refractivity contribution in [1.82, 2.24) is 5.43 Å². The van der Waals surface area contributed by atoms with Crippen LogP contribution < -0.4 is 15.5 Å². The number of nitrogens with zero attached hydrogens (tertiary/aromatic N) is 1. The van der Waals surface area contributed by atoms with Gasteiger partial charge in [0.1, 0.15) is 5.75 Å². The van der Waals surface area contributed by atoms with Crippen molar-refractivity contribution in [2.24, 2.45) is 5.10 Å². The SMILES string of the molecule is Cc1cccc(NC(=O)C(=O)N/N=C/c2cc(Br)ccc2OC(=O)c2ccccc2Cl)c1. The molecule has 0 aromatic heterocycles. The zero-order chi connectivity index (χ0) is 23.1. The van der Waals surface area contributed by atoms with E-state index in [4.69, 9.17) is 16.3 Å². The van der Waals surface area contributed by atoms with Crippen LogP contribution in [0.3, 0.4) is 0 Å². The van der Waals surface area contributed by atoms with Crippen LogP contribution in [0.2, 0.25) is 5.02 Å². The first-order valence-corrected chi connectivity index (χ1v) is 10.5. The van der Waals surface area contributed by atoms with E-state index >= 15 is 0 Å². The Morgan fingerprint density at radius 1 is 1.00 bits per heavy atom. The van der Waals surface area contributed by atoms with Crippen molar-refractivity contribution in [2.75, 3.05) is 5.32 Å². The molecule has 162 valence electrons. The van der Waals surface area contributed by atoms with Gasteiger partial charge in [0.15, 0.2) is 0 Å². The number of ether oxygens (including phenoxy) is 1. The maximum Gasteiger partial charge on any atom is 0.345 e. The predicted octanol–water partition coefficient (Wildman–Crippen LogP) is 4.72. The zero-order valence-electron chi connectivity index (χ0n) is 16.8. The van der Waals surface area contributed by atoms with E-state index in [2.05, 4.69) is 31.8 Å². The van der Waals surface area contributed by atoms with E-state index in [1.165, 1.54) is 6.21 Å². The molecule has 0 bridgehead atoms. The minimum atomic E-state index is -0.952. The van der Waals surface area contributed by atoms with Crippen molar-refractivity contribution in [3.05, 3.63) is 92.9 Å². The summed E-state index contributed by atoms with van der Waals surface area (Å²) in [6, 6.07) is 18.4. The van der Waals surface area contributed by atoms with Crippen LogP contribution in [0.1, 0.15) is 21.5 Å². The van der Waals surface area contributed by atoms with Crippen molar-refractivity contribution >= 4 is 57.2 Å². The Kier molecular flexibility index (Phi) is 7.75. The van der Waals surface area contributed by atoms with Gasteiger partial charge in [0.2, 0.25) is 0 Å². The molecule has 0 aliphatic carbocycles. The summed E-state index contributed by atoms with van der Waals surface area (Å²) in [4.78, 5) is 36.5. The number of esters is 1. The summed E-state index contributed by atoms with van der Waals surface area (Å²) in [7, 11) is 0. The lowest BCUT2D eigenvalue weighted by atomic mass is 10.2. The molecule has 0 heterocycles. The Hall–Kier alpha value is -3.49. The first-order valence-electron chi connectivity index (χ1n) is 9.31. The highest BCUT2D eigenvalue weighted by Crippen LogP contribution is 2.24. The number of rotatable bonds is 5. The number of carbonyl (C=O) groups excluding carboxylic acids is 3. The fourth-order valence-electron chi connectivity index (χ4n) is 2.62. The number of carbonyl (C=O) groups is 3. The van der Waals surface area contributed by atoms with E-state index in [1.54, 1.807) is 60.7 Å². The minimum absolute atomic E-state index is 0.195. The van der Waals surface area contributed by atoms with Crippen LogP contribution in [0.4, 0.5) is 5.69 Å². The van der Waals surface area contributed by atoms with E-state index < -0.39 is 17.8 Å². The van der Waals surface area contributed by atoms with Gasteiger partial charge in [0.05, 0.1) is 16.8 Å². The molecule has 0 aliphatic heterocycles. The van der Waals surface area contributed by atoms with Crippen molar-refractivity contribution < 1.29 is 19.1 Å². The summed E-state index contributed by atoms with van der Waals surface area (Å²) in [5.74, 6) is -2.27. The lowest BCUT2D eigenvalue weighted by Crippen LogP contribution is -2.32. The molecule has 0 unspecified atom stereocenters. The van der Waals surface area contributed by atoms with Crippen LogP contribution >= 0.6 is 27.5 Å². The molecule has 2 amide bonds. The lowest BCUT2D eigenvalue weighted by Gasteiger charge is -2.09. The fourth-order valence-corrected chi connectivity index (χ4v) is 3.21. The van der Waals surface area contributed by atoms with Gasteiger partial charge in [-0.3, -0.25) is 9.59 Å². The summed E-state index contributed by atoms with van der Waals surface area (Å²) < 4.78 is 6.13. The number of halogens is 2. The van der Waals surface area contributed by atoms with E-state index in [9.17, 15) is 14.4 Å². The average molecular weight is 515 g/mol. The van der Waals surface area contributed by atoms with Gasteiger partial charge in [0, 0.05) is 15.7 Å². The Morgan fingerprint density at radius 3 is 2.53 bits per heavy atom. The third-order valence-corrected chi connectivity index (χ3v) is 4.94. The molecule has 0 fully saturated rings. The second kappa shape index (κ2) is 10.7. The van der Waals surface area contributed by atoms with Crippen LogP contribution in [0.25, 0.3) is 0 Å². The molecule has 32 heavy (non-hydrogen) atoms. The van der Waals surface area contributed by atoms with Gasteiger partial charge >= 0.3 is 17.8 Å². The normalized spacial score (nSPS) is 10.6. The number of hydrogen-bond donors (Lipinski definition) is 2. The van der Waals surface area contributed by atoms with Crippen LogP contribution in [-0.4, -0.2) is 24.0 Å². The summed E-state index contributed by atoms with van der Waals surface area (Å²) in [5.41, 5.74) is 4.18. The van der Waals surface area contributed by atoms with Gasteiger partial charge in [-0.15, -0.1) is 0 Å². The highest BCUT2D eigenvalue weighted by molar-refractivity contribution is 9.10. The standard InChI is InChI=1S/C23H17BrClN3O4/c1-14-5-4-6-17(11-14)27-21(29)22(30)28-26-13-15-12-16(24)9-10-20(15)32-23(31)18-7-2-3-8-19(18)25/h2-13H,1H3,(H,27,29)(H,28,30)/b26-13+. The van der Waals surface area contributed by atoms with E-state index in [0.717, 1.165) is 5.56 Å². The van der Waals surface area contributed by atoms with Crippen LogP contribution in [0.15, 0.2) is 76.3 Å². The van der Waals surface area contributed by atoms with Crippen LogP contribution in [0.5, 0.6) is 5.75 Å². The van der Waals surface area contributed by atoms with Gasteiger partial charge in [0.25, 0.3) is 0 Å². The van der Waals surface area contributed by atoms with Crippen molar-refractivity contribution in [1.29, 1.82) is 0 Å². The molecule has 3 aromatic rings. The number of benzene rings is 3. The predicted molar refractivity (Wildman–Crippen MR) is 126 cm³/mol. The molecule has 0 spiro atoms. The first-order chi connectivity index (χ1) is 15.3. The van der Waals surface area contributed by atoms with Crippen LogP contribution in [-0.2, 0) is 9.59 Å². The topological polar surface area (TPSA) is 96.9 Å². The largest absolute Gasteiger partial charge is 0.422 e. The molecule has 0 radical (unpaired) electrons. The Balaban J connectivity index is 1.68. The number of nitrogens with one attached hydrogen (secondary N) is 2. The number of hydrogen-bond acceptors (Lipinski definition) is 5. The van der Waals surface area contributed by atoms with E-state index in [-0.39, 0.29) is 16.3 Å². The summed E-state index contributed by atoms with van der Waals surface area (Å²) in [5, 5.41) is 6.55. The Morgan fingerprint density at radius 2 is 1.78 bits per heavy atom. The van der Waals surface area contributed by atoms with Crippen molar-refractivity contribution in [3.63, 3.8) is 0 Å². The van der Waals surface area contributed by atoms with Gasteiger partial charge < -0.3 is 10.1 Å². The van der Waals surface area contributed by atoms with Gasteiger partial charge in [-0.1, -0.05) is 51.8 Å². The molecular formula is C23H17BrClN3O4. The quantitative estimate of drug-likeness (QED) is 0.169. The van der Waals surface area contributed by atoms with Crippen LogP contribution in [0, 0.1) is 6.92 Å². The van der Waals surface area contributed by atoms with Crippen molar-refractivity contribution in [2.45, 2.75) is 6.92 Å². The maximum atomic E-state index is 12.5. The second-order valence-electron chi connectivity index (χ2n) is 6.57. The smallest absolute Gasteiger partial charge is 0.345 e. The number of hydrazone groups is 1. The summed E-state index contributed by atoms with van der Waals surface area (Å²) in [6.07, 6.45) is 1.26. The number of amides is 2. The molecular weight excluding hydrogens is 498 g/mol. The van der Waals surface area contributed by atoms with Gasteiger partial charge in [-0.05, 0) is 55.0 Å². The number of anilines is 1. The fraction of sp³-hybridized carbons (Fsp3) is 0.0435. The molecule has 3 aromatic carbocycles. The summed E-state index contributed by atoms with van der Waals surface area (Å²) >= 11 is 9.38. The van der Waals surface area contributed by atoms with E-state index in [0.29, 0.717) is 15.7 Å². The Bertz CT molecular complexity index is 1210. The molecule has 7 nitrogen and oxygen atoms in total. The second-order valence-corrected chi connectivity index (χ2v) is 7.90. The molecule has 2 N–H and O–H groups in total. The molecule has 0 saturated carbocycles. The third kappa shape index (κ3) is 6.26. The molecule has 9 heteroatoms. The molecule has 3 rings (SSSR count). The highest BCUT2D eigenvalue weighted by atomic mass is 79.9. The van der Waals surface area contributed by atoms with E-state index in [1.807, 2.05) is 13.0 Å². The monoisotopic (exact) mass is 513 g/mol. The average Bonchev–Trinajstić information content (AvgIpc) is 2.75. The highest BCUT2D eigenvalue weighted by Gasteiger charge is 2.15.